The van der Waals surface area contributed by atoms with Crippen LogP contribution in [0.15, 0.2) is 24.3 Å². The molecule has 3 rings (SSSR count). The van der Waals surface area contributed by atoms with Gasteiger partial charge in [0.15, 0.2) is 0 Å². The standard InChI is InChI=1S/C18H26N2O2/c1-22-18(21)16-5-2-4-14(12-16)13-20-10-7-15(8-11-20)17-6-3-9-19-17/h2,4-5,12,15,17,19H,3,6-11,13H2,1H3. The van der Waals surface area contributed by atoms with Crippen LogP contribution in [0.5, 0.6) is 0 Å². The predicted molar refractivity (Wildman–Crippen MR) is 86.8 cm³/mol. The zero-order valence-corrected chi connectivity index (χ0v) is 13.4. The van der Waals surface area contributed by atoms with Crippen LogP contribution >= 0.6 is 0 Å². The second kappa shape index (κ2) is 7.25. The minimum Gasteiger partial charge on any atom is -0.465 e. The highest BCUT2D eigenvalue weighted by atomic mass is 16.5. The molecule has 4 heteroatoms. The number of hydrogen-bond donors (Lipinski definition) is 1. The van der Waals surface area contributed by atoms with Gasteiger partial charge < -0.3 is 10.1 Å². The fourth-order valence-corrected chi connectivity index (χ4v) is 3.80. The molecule has 0 amide bonds. The summed E-state index contributed by atoms with van der Waals surface area (Å²) < 4.78 is 4.79. The molecule has 2 saturated heterocycles. The molecule has 1 aromatic carbocycles. The van der Waals surface area contributed by atoms with E-state index >= 15 is 0 Å². The van der Waals surface area contributed by atoms with Gasteiger partial charge in [0.1, 0.15) is 0 Å². The monoisotopic (exact) mass is 302 g/mol. The maximum absolute atomic E-state index is 11.6. The van der Waals surface area contributed by atoms with Crippen LogP contribution in [-0.4, -0.2) is 43.7 Å². The zero-order valence-electron chi connectivity index (χ0n) is 13.4. The number of piperidine rings is 1. The Morgan fingerprint density at radius 3 is 2.82 bits per heavy atom. The first-order chi connectivity index (χ1) is 10.8. The lowest BCUT2D eigenvalue weighted by atomic mass is 9.88. The van der Waals surface area contributed by atoms with E-state index in [1.54, 1.807) is 0 Å². The van der Waals surface area contributed by atoms with Crippen molar-refractivity contribution < 1.29 is 9.53 Å². The van der Waals surface area contributed by atoms with Crippen molar-refractivity contribution in [3.8, 4) is 0 Å². The smallest absolute Gasteiger partial charge is 0.337 e. The van der Waals surface area contributed by atoms with Gasteiger partial charge in [-0.15, -0.1) is 0 Å². The number of nitrogens with zero attached hydrogens (tertiary/aromatic N) is 1. The molecular weight excluding hydrogens is 276 g/mol. The van der Waals surface area contributed by atoms with Crippen LogP contribution in [-0.2, 0) is 11.3 Å². The largest absolute Gasteiger partial charge is 0.465 e. The zero-order chi connectivity index (χ0) is 15.4. The van der Waals surface area contributed by atoms with Gasteiger partial charge >= 0.3 is 5.97 Å². The highest BCUT2D eigenvalue weighted by Crippen LogP contribution is 2.26. The molecule has 1 N–H and O–H groups in total. The molecule has 1 unspecified atom stereocenters. The molecule has 0 spiro atoms. The Kier molecular flexibility index (Phi) is 5.11. The Hall–Kier alpha value is -1.39. The Balaban J connectivity index is 1.53. The molecule has 2 aliphatic heterocycles. The quantitative estimate of drug-likeness (QED) is 0.868. The van der Waals surface area contributed by atoms with Gasteiger partial charge in [-0.3, -0.25) is 4.90 Å². The lowest BCUT2D eigenvalue weighted by Crippen LogP contribution is -2.40. The van der Waals surface area contributed by atoms with Crippen molar-refractivity contribution in [3.05, 3.63) is 35.4 Å². The number of nitrogens with one attached hydrogen (secondary N) is 1. The van der Waals surface area contributed by atoms with Crippen LogP contribution in [0.3, 0.4) is 0 Å². The first kappa shape index (κ1) is 15.5. The number of methoxy groups -OCH3 is 1. The number of ether oxygens (including phenoxy) is 1. The number of carbonyl (C=O) groups is 1. The third-order valence-corrected chi connectivity index (χ3v) is 5.05. The Bertz CT molecular complexity index is 504. The molecule has 22 heavy (non-hydrogen) atoms. The summed E-state index contributed by atoms with van der Waals surface area (Å²) in [5.74, 6) is 0.591. The summed E-state index contributed by atoms with van der Waals surface area (Å²) in [6, 6.07) is 8.56. The molecule has 1 aromatic rings. The first-order valence-electron chi connectivity index (χ1n) is 8.39. The summed E-state index contributed by atoms with van der Waals surface area (Å²) in [4.78, 5) is 14.1. The SMILES string of the molecule is COC(=O)c1cccc(CN2CCC(C3CCCN3)CC2)c1. The van der Waals surface area contributed by atoms with Gasteiger partial charge in [-0.1, -0.05) is 12.1 Å². The Labute approximate surface area is 132 Å². The van der Waals surface area contributed by atoms with Crippen molar-refractivity contribution in [2.24, 2.45) is 5.92 Å². The van der Waals surface area contributed by atoms with Gasteiger partial charge in [0.25, 0.3) is 0 Å². The average Bonchev–Trinajstić information content (AvgIpc) is 3.09. The lowest BCUT2D eigenvalue weighted by molar-refractivity contribution is 0.0600. The van der Waals surface area contributed by atoms with Gasteiger partial charge in [-0.25, -0.2) is 4.79 Å². The molecule has 0 bridgehead atoms. The van der Waals surface area contributed by atoms with Gasteiger partial charge in [0, 0.05) is 12.6 Å². The second-order valence-electron chi connectivity index (χ2n) is 6.51. The van der Waals surface area contributed by atoms with E-state index in [0.717, 1.165) is 31.6 Å². The number of likely N-dealkylation sites (tertiary alicyclic amines) is 1. The summed E-state index contributed by atoms with van der Waals surface area (Å²) in [5.41, 5.74) is 1.84. The highest BCUT2D eigenvalue weighted by Gasteiger charge is 2.28. The fourth-order valence-electron chi connectivity index (χ4n) is 3.80. The fraction of sp³-hybridized carbons (Fsp3) is 0.611. The molecule has 0 aliphatic carbocycles. The van der Waals surface area contributed by atoms with E-state index in [2.05, 4.69) is 16.3 Å². The molecule has 120 valence electrons. The second-order valence-corrected chi connectivity index (χ2v) is 6.51. The van der Waals surface area contributed by atoms with Crippen LogP contribution < -0.4 is 5.32 Å². The summed E-state index contributed by atoms with van der Waals surface area (Å²) in [5, 5.41) is 3.65. The van der Waals surface area contributed by atoms with Gasteiger partial charge in [-0.05, 0) is 68.9 Å². The molecule has 2 fully saturated rings. The molecule has 0 saturated carbocycles. The van der Waals surface area contributed by atoms with E-state index < -0.39 is 0 Å². The number of hydrogen-bond acceptors (Lipinski definition) is 4. The van der Waals surface area contributed by atoms with Crippen LogP contribution in [0, 0.1) is 5.92 Å². The molecule has 2 aliphatic rings. The van der Waals surface area contributed by atoms with Gasteiger partial charge in [0.05, 0.1) is 12.7 Å². The molecule has 0 radical (unpaired) electrons. The van der Waals surface area contributed by atoms with Crippen molar-refractivity contribution in [1.29, 1.82) is 0 Å². The highest BCUT2D eigenvalue weighted by molar-refractivity contribution is 5.89. The average molecular weight is 302 g/mol. The number of benzene rings is 1. The Morgan fingerprint density at radius 2 is 2.14 bits per heavy atom. The number of carbonyl (C=O) groups excluding carboxylic acids is 1. The summed E-state index contributed by atoms with van der Waals surface area (Å²) in [6.07, 6.45) is 5.26. The molecule has 1 atom stereocenters. The minimum atomic E-state index is -0.257. The summed E-state index contributed by atoms with van der Waals surface area (Å²) >= 11 is 0. The number of esters is 1. The molecule has 0 aromatic heterocycles. The number of rotatable bonds is 4. The van der Waals surface area contributed by atoms with E-state index in [9.17, 15) is 4.79 Å². The van der Waals surface area contributed by atoms with Crippen molar-refractivity contribution in [3.63, 3.8) is 0 Å². The van der Waals surface area contributed by atoms with E-state index in [1.165, 1.54) is 44.9 Å². The maximum atomic E-state index is 11.6. The topological polar surface area (TPSA) is 41.6 Å². The van der Waals surface area contributed by atoms with E-state index in [0.29, 0.717) is 5.56 Å². The van der Waals surface area contributed by atoms with Crippen LogP contribution in [0.25, 0.3) is 0 Å². The van der Waals surface area contributed by atoms with Crippen molar-refractivity contribution in [2.75, 3.05) is 26.7 Å². The third-order valence-electron chi connectivity index (χ3n) is 5.05. The molecule has 2 heterocycles. The van der Waals surface area contributed by atoms with E-state index in [-0.39, 0.29) is 5.97 Å². The van der Waals surface area contributed by atoms with Gasteiger partial charge in [-0.2, -0.15) is 0 Å². The summed E-state index contributed by atoms with van der Waals surface area (Å²) in [6.45, 7) is 4.44. The summed E-state index contributed by atoms with van der Waals surface area (Å²) in [7, 11) is 1.43. The maximum Gasteiger partial charge on any atom is 0.337 e. The van der Waals surface area contributed by atoms with Crippen LogP contribution in [0.1, 0.15) is 41.6 Å². The van der Waals surface area contributed by atoms with Gasteiger partial charge in [0.2, 0.25) is 0 Å². The van der Waals surface area contributed by atoms with Crippen LogP contribution in [0.2, 0.25) is 0 Å². The minimum absolute atomic E-state index is 0.257. The van der Waals surface area contributed by atoms with Crippen LogP contribution in [0.4, 0.5) is 0 Å². The molecule has 4 nitrogen and oxygen atoms in total. The first-order valence-corrected chi connectivity index (χ1v) is 8.39. The van der Waals surface area contributed by atoms with E-state index in [1.807, 2.05) is 18.2 Å². The van der Waals surface area contributed by atoms with E-state index in [4.69, 9.17) is 4.74 Å². The Morgan fingerprint density at radius 1 is 1.32 bits per heavy atom. The van der Waals surface area contributed by atoms with Crippen molar-refractivity contribution >= 4 is 5.97 Å². The normalized spacial score (nSPS) is 23.6. The van der Waals surface area contributed by atoms with Crippen molar-refractivity contribution in [2.45, 2.75) is 38.3 Å². The lowest BCUT2D eigenvalue weighted by Gasteiger charge is -2.35. The van der Waals surface area contributed by atoms with Crippen molar-refractivity contribution in [1.82, 2.24) is 10.2 Å². The predicted octanol–water partition coefficient (Wildman–Crippen LogP) is 2.44. The molecular formula is C18H26N2O2. The third kappa shape index (κ3) is 3.68.